The summed E-state index contributed by atoms with van der Waals surface area (Å²) in [6.45, 7) is 1.99. The van der Waals surface area contributed by atoms with Crippen molar-refractivity contribution in [3.8, 4) is 0 Å². The monoisotopic (exact) mass is 302 g/mol. The summed E-state index contributed by atoms with van der Waals surface area (Å²) in [5.41, 5.74) is 6.35. The molecule has 2 rings (SSSR count). The van der Waals surface area contributed by atoms with Gasteiger partial charge in [0.15, 0.2) is 0 Å². The highest BCUT2D eigenvalue weighted by Crippen LogP contribution is 2.15. The van der Waals surface area contributed by atoms with Gasteiger partial charge >= 0.3 is 0 Å². The Kier molecular flexibility index (Phi) is 5.11. The number of rotatable bonds is 6. The first-order valence-corrected chi connectivity index (χ1v) is 7.54. The normalized spacial score (nSPS) is 11.9. The van der Waals surface area contributed by atoms with E-state index in [1.807, 2.05) is 49.4 Å². The third kappa shape index (κ3) is 4.72. The Labute approximate surface area is 128 Å². The summed E-state index contributed by atoms with van der Waals surface area (Å²) < 4.78 is 0. The first kappa shape index (κ1) is 15.3. The fourth-order valence-corrected chi connectivity index (χ4v) is 2.95. The van der Waals surface area contributed by atoms with E-state index in [1.165, 1.54) is 0 Å². The van der Waals surface area contributed by atoms with Crippen LogP contribution in [0.3, 0.4) is 0 Å². The fraction of sp³-hybridized carbons (Fsp3) is 0.250. The molecule has 0 saturated heterocycles. The summed E-state index contributed by atoms with van der Waals surface area (Å²) in [7, 11) is 0. The molecule has 3 N–H and O–H groups in total. The number of nitrogens with one attached hydrogen (secondary N) is 1. The van der Waals surface area contributed by atoms with Gasteiger partial charge in [0, 0.05) is 16.2 Å². The third-order valence-electron chi connectivity index (χ3n) is 3.09. The first-order valence-electron chi connectivity index (χ1n) is 6.72. The molecule has 0 saturated carbocycles. The van der Waals surface area contributed by atoms with E-state index in [9.17, 15) is 9.59 Å². The summed E-state index contributed by atoms with van der Waals surface area (Å²) in [4.78, 5) is 25.7. The molecule has 0 aliphatic rings. The molecule has 21 heavy (non-hydrogen) atoms. The molecule has 4 nitrogen and oxygen atoms in total. The van der Waals surface area contributed by atoms with Gasteiger partial charge in [0.05, 0.1) is 6.42 Å². The second-order valence-corrected chi connectivity index (χ2v) is 6.27. The van der Waals surface area contributed by atoms with Crippen LogP contribution >= 0.6 is 11.3 Å². The van der Waals surface area contributed by atoms with E-state index in [2.05, 4.69) is 5.32 Å². The molecule has 0 bridgehead atoms. The lowest BCUT2D eigenvalue weighted by atomic mass is 10.1. The van der Waals surface area contributed by atoms with Crippen LogP contribution in [0.2, 0.25) is 0 Å². The van der Waals surface area contributed by atoms with Crippen LogP contribution in [0.25, 0.3) is 0 Å². The van der Waals surface area contributed by atoms with Crippen molar-refractivity contribution in [2.75, 3.05) is 0 Å². The maximum Gasteiger partial charge on any atom is 0.240 e. The Balaban J connectivity index is 1.96. The SMILES string of the molecule is Cc1ccc(CC(=O)N[C@@H](Cc2ccccc2)C(N)=O)s1. The lowest BCUT2D eigenvalue weighted by Gasteiger charge is -2.15. The van der Waals surface area contributed by atoms with Gasteiger partial charge in [0.2, 0.25) is 11.8 Å². The van der Waals surface area contributed by atoms with Crippen molar-refractivity contribution < 1.29 is 9.59 Å². The van der Waals surface area contributed by atoms with E-state index in [0.717, 1.165) is 15.3 Å². The average Bonchev–Trinajstić information content (AvgIpc) is 2.84. The van der Waals surface area contributed by atoms with Crippen LogP contribution in [0, 0.1) is 6.92 Å². The molecule has 0 radical (unpaired) electrons. The van der Waals surface area contributed by atoms with E-state index >= 15 is 0 Å². The van der Waals surface area contributed by atoms with Gasteiger partial charge in [-0.2, -0.15) is 0 Å². The number of aryl methyl sites for hydroxylation is 1. The Morgan fingerprint density at radius 3 is 2.48 bits per heavy atom. The zero-order valence-electron chi connectivity index (χ0n) is 11.8. The molecule has 110 valence electrons. The van der Waals surface area contributed by atoms with Gasteiger partial charge in [-0.15, -0.1) is 11.3 Å². The summed E-state index contributed by atoms with van der Waals surface area (Å²) >= 11 is 1.58. The predicted octanol–water partition coefficient (Wildman–Crippen LogP) is 1.81. The van der Waals surface area contributed by atoms with Crippen molar-refractivity contribution in [3.63, 3.8) is 0 Å². The van der Waals surface area contributed by atoms with Crippen molar-refractivity contribution in [2.24, 2.45) is 5.73 Å². The van der Waals surface area contributed by atoms with Crippen LogP contribution in [0.4, 0.5) is 0 Å². The quantitative estimate of drug-likeness (QED) is 0.854. The lowest BCUT2D eigenvalue weighted by Crippen LogP contribution is -2.46. The van der Waals surface area contributed by atoms with Gasteiger partial charge in [-0.1, -0.05) is 30.3 Å². The van der Waals surface area contributed by atoms with Crippen molar-refractivity contribution in [1.82, 2.24) is 5.32 Å². The fourth-order valence-electron chi connectivity index (χ4n) is 2.06. The first-order chi connectivity index (χ1) is 10.0. The minimum absolute atomic E-state index is 0.184. The van der Waals surface area contributed by atoms with Gasteiger partial charge in [0.25, 0.3) is 0 Å². The Morgan fingerprint density at radius 1 is 1.19 bits per heavy atom. The molecule has 1 heterocycles. The predicted molar refractivity (Wildman–Crippen MR) is 84.0 cm³/mol. The van der Waals surface area contributed by atoms with E-state index in [-0.39, 0.29) is 12.3 Å². The van der Waals surface area contributed by atoms with Crippen molar-refractivity contribution in [3.05, 3.63) is 57.8 Å². The molecule has 0 spiro atoms. The van der Waals surface area contributed by atoms with Crippen LogP contribution in [-0.2, 0) is 22.4 Å². The largest absolute Gasteiger partial charge is 0.368 e. The molecule has 0 unspecified atom stereocenters. The van der Waals surface area contributed by atoms with Gasteiger partial charge in [-0.25, -0.2) is 0 Å². The summed E-state index contributed by atoms with van der Waals surface area (Å²) in [5, 5.41) is 2.72. The number of primary amides is 1. The molecule has 5 heteroatoms. The Hall–Kier alpha value is -2.14. The van der Waals surface area contributed by atoms with Gasteiger partial charge < -0.3 is 11.1 Å². The molecule has 0 aliphatic carbocycles. The maximum atomic E-state index is 12.0. The van der Waals surface area contributed by atoms with Crippen molar-refractivity contribution in [2.45, 2.75) is 25.8 Å². The van der Waals surface area contributed by atoms with Crippen LogP contribution in [0.15, 0.2) is 42.5 Å². The molecular weight excluding hydrogens is 284 g/mol. The van der Waals surface area contributed by atoms with Crippen LogP contribution in [0.5, 0.6) is 0 Å². The molecule has 2 amide bonds. The summed E-state index contributed by atoms with van der Waals surface area (Å²) in [6, 6.07) is 12.7. The summed E-state index contributed by atoms with van der Waals surface area (Å²) in [6.07, 6.45) is 0.683. The minimum Gasteiger partial charge on any atom is -0.368 e. The lowest BCUT2D eigenvalue weighted by molar-refractivity contribution is -0.126. The Bertz CT molecular complexity index is 622. The number of thiophene rings is 1. The molecule has 2 aromatic rings. The number of carbonyl (C=O) groups is 2. The molecule has 0 fully saturated rings. The van der Waals surface area contributed by atoms with Crippen LogP contribution in [0.1, 0.15) is 15.3 Å². The van der Waals surface area contributed by atoms with E-state index in [4.69, 9.17) is 5.73 Å². The smallest absolute Gasteiger partial charge is 0.240 e. The van der Waals surface area contributed by atoms with Crippen LogP contribution in [-0.4, -0.2) is 17.9 Å². The third-order valence-corrected chi connectivity index (χ3v) is 4.09. The van der Waals surface area contributed by atoms with Gasteiger partial charge in [-0.3, -0.25) is 9.59 Å². The number of amides is 2. The number of hydrogen-bond donors (Lipinski definition) is 2. The minimum atomic E-state index is -0.680. The zero-order valence-corrected chi connectivity index (χ0v) is 12.7. The number of hydrogen-bond acceptors (Lipinski definition) is 3. The maximum absolute atomic E-state index is 12.0. The second-order valence-electron chi connectivity index (χ2n) is 4.90. The molecule has 0 aliphatic heterocycles. The molecule has 1 aromatic heterocycles. The van der Waals surface area contributed by atoms with Crippen molar-refractivity contribution >= 4 is 23.2 Å². The number of nitrogens with two attached hydrogens (primary N) is 1. The van der Waals surface area contributed by atoms with Gasteiger partial charge in [-0.05, 0) is 24.6 Å². The zero-order chi connectivity index (χ0) is 15.2. The highest BCUT2D eigenvalue weighted by atomic mass is 32.1. The van der Waals surface area contributed by atoms with E-state index in [0.29, 0.717) is 6.42 Å². The molecule has 1 atom stereocenters. The standard InChI is InChI=1S/C16H18N2O2S/c1-11-7-8-13(21-11)10-15(19)18-14(16(17)20)9-12-5-3-2-4-6-12/h2-8,14H,9-10H2,1H3,(H2,17,20)(H,18,19)/t14-/m0/s1. The van der Waals surface area contributed by atoms with E-state index < -0.39 is 11.9 Å². The average molecular weight is 302 g/mol. The van der Waals surface area contributed by atoms with E-state index in [1.54, 1.807) is 11.3 Å². The highest BCUT2D eigenvalue weighted by molar-refractivity contribution is 7.12. The molecule has 1 aromatic carbocycles. The molecular formula is C16H18N2O2S. The Morgan fingerprint density at radius 2 is 1.90 bits per heavy atom. The number of benzene rings is 1. The second kappa shape index (κ2) is 7.04. The number of carbonyl (C=O) groups excluding carboxylic acids is 2. The highest BCUT2D eigenvalue weighted by Gasteiger charge is 2.18. The summed E-state index contributed by atoms with van der Waals surface area (Å²) in [5.74, 6) is -0.703. The van der Waals surface area contributed by atoms with Gasteiger partial charge in [0.1, 0.15) is 6.04 Å². The van der Waals surface area contributed by atoms with Crippen molar-refractivity contribution in [1.29, 1.82) is 0 Å². The van der Waals surface area contributed by atoms with Crippen LogP contribution < -0.4 is 11.1 Å². The topological polar surface area (TPSA) is 72.2 Å².